The number of alkyl halides is 6. The molecule has 1 aromatic rings. The Labute approximate surface area is 191 Å². The van der Waals surface area contributed by atoms with E-state index in [9.17, 15) is 46.5 Å². The number of carbonyl (C=O) groups is 1. The van der Waals surface area contributed by atoms with Crippen molar-refractivity contribution in [1.82, 2.24) is 4.90 Å². The summed E-state index contributed by atoms with van der Waals surface area (Å²) in [7, 11) is 0. The predicted molar refractivity (Wildman–Crippen MR) is 107 cm³/mol. The van der Waals surface area contributed by atoms with E-state index in [4.69, 9.17) is 4.74 Å². The zero-order valence-corrected chi connectivity index (χ0v) is 18.1. The molecule has 2 aliphatic rings. The molecule has 34 heavy (non-hydrogen) atoms. The van der Waals surface area contributed by atoms with Crippen LogP contribution in [-0.4, -0.2) is 84.2 Å². The van der Waals surface area contributed by atoms with Crippen molar-refractivity contribution in [3.8, 4) is 0 Å². The third-order valence-electron chi connectivity index (χ3n) is 6.75. The van der Waals surface area contributed by atoms with Crippen LogP contribution in [-0.2, 0) is 10.3 Å². The number of rotatable bonds is 5. The maximum Gasteiger partial charge on any atom is 0.430 e. The molecule has 0 aliphatic carbocycles. The van der Waals surface area contributed by atoms with Gasteiger partial charge in [0.2, 0.25) is 0 Å². The van der Waals surface area contributed by atoms with Crippen molar-refractivity contribution in [1.29, 1.82) is 0 Å². The summed E-state index contributed by atoms with van der Waals surface area (Å²) < 4.78 is 84.5. The molecule has 2 fully saturated rings. The summed E-state index contributed by atoms with van der Waals surface area (Å²) >= 11 is 0. The minimum absolute atomic E-state index is 0.0503. The van der Waals surface area contributed by atoms with Gasteiger partial charge in [0.05, 0.1) is 0 Å². The van der Waals surface area contributed by atoms with Crippen LogP contribution in [0.3, 0.4) is 0 Å². The van der Waals surface area contributed by atoms with Crippen LogP contribution in [0.2, 0.25) is 0 Å². The van der Waals surface area contributed by atoms with E-state index in [1.54, 1.807) is 4.90 Å². The standard InChI is InChI=1S/C21H26F6N2O5/c22-20(23,24)19(33,21(25,26)27)14-1-3-15(4-2-14)29-8-7-28(17(31)32)12-16(29)11-18(13-30)5-9-34-10-6-18/h1-4,16,30,33H,5-13H2,(H,31,32)/t16-/m0/s1. The van der Waals surface area contributed by atoms with Crippen molar-refractivity contribution in [3.63, 3.8) is 0 Å². The van der Waals surface area contributed by atoms with E-state index in [2.05, 4.69) is 0 Å². The predicted octanol–water partition coefficient (Wildman–Crippen LogP) is 3.35. The zero-order valence-electron chi connectivity index (χ0n) is 18.1. The number of carboxylic acid groups (broad SMARTS) is 1. The molecule has 0 unspecified atom stereocenters. The van der Waals surface area contributed by atoms with Crippen molar-refractivity contribution in [3.05, 3.63) is 29.8 Å². The molecule has 2 aliphatic heterocycles. The lowest BCUT2D eigenvalue weighted by atomic mass is 9.75. The van der Waals surface area contributed by atoms with Crippen molar-refractivity contribution in [2.45, 2.75) is 43.3 Å². The smallest absolute Gasteiger partial charge is 0.430 e. The Balaban J connectivity index is 1.92. The Morgan fingerprint density at radius 3 is 2.06 bits per heavy atom. The normalized spacial score (nSPS) is 22.1. The van der Waals surface area contributed by atoms with Gasteiger partial charge in [0.25, 0.3) is 5.60 Å². The molecule has 0 radical (unpaired) electrons. The number of nitrogens with zero attached hydrogens (tertiary/aromatic N) is 2. The van der Waals surface area contributed by atoms with Crippen LogP contribution in [0.1, 0.15) is 24.8 Å². The molecular weight excluding hydrogens is 474 g/mol. The molecule has 2 saturated heterocycles. The monoisotopic (exact) mass is 500 g/mol. The number of anilines is 1. The van der Waals surface area contributed by atoms with Gasteiger partial charge in [-0.15, -0.1) is 0 Å². The Bertz CT molecular complexity index is 841. The highest BCUT2D eigenvalue weighted by Gasteiger charge is 2.71. The van der Waals surface area contributed by atoms with Gasteiger partial charge in [0.1, 0.15) is 0 Å². The molecule has 1 aromatic carbocycles. The first-order valence-corrected chi connectivity index (χ1v) is 10.6. The first-order chi connectivity index (χ1) is 15.7. The summed E-state index contributed by atoms with van der Waals surface area (Å²) in [4.78, 5) is 14.4. The highest BCUT2D eigenvalue weighted by Crippen LogP contribution is 2.50. The maximum absolute atomic E-state index is 13.2. The summed E-state index contributed by atoms with van der Waals surface area (Å²) in [6.07, 6.45) is -11.7. The molecule has 0 aromatic heterocycles. The Morgan fingerprint density at radius 1 is 1.03 bits per heavy atom. The molecule has 1 amide bonds. The highest BCUT2D eigenvalue weighted by molar-refractivity contribution is 5.66. The van der Waals surface area contributed by atoms with E-state index in [0.29, 0.717) is 44.6 Å². The lowest BCUT2D eigenvalue weighted by molar-refractivity contribution is -0.376. The summed E-state index contributed by atoms with van der Waals surface area (Å²) in [5.74, 6) is 0. The number of hydrogen-bond acceptors (Lipinski definition) is 5. The van der Waals surface area contributed by atoms with E-state index >= 15 is 0 Å². The van der Waals surface area contributed by atoms with Crippen LogP contribution in [0.15, 0.2) is 24.3 Å². The topological polar surface area (TPSA) is 93.5 Å². The quantitative estimate of drug-likeness (QED) is 0.537. The fourth-order valence-corrected chi connectivity index (χ4v) is 4.66. The summed E-state index contributed by atoms with van der Waals surface area (Å²) in [5.41, 5.74) is -6.66. The minimum atomic E-state index is -5.99. The van der Waals surface area contributed by atoms with Gasteiger partial charge in [-0.25, -0.2) is 4.79 Å². The van der Waals surface area contributed by atoms with Crippen molar-refractivity contribution < 1.29 is 51.2 Å². The van der Waals surface area contributed by atoms with Gasteiger partial charge in [0.15, 0.2) is 0 Å². The molecule has 192 valence electrons. The first kappa shape index (κ1) is 26.4. The molecule has 0 bridgehead atoms. The molecule has 7 nitrogen and oxygen atoms in total. The summed E-state index contributed by atoms with van der Waals surface area (Å²) in [6.45, 7) is 0.941. The van der Waals surface area contributed by atoms with Gasteiger partial charge in [-0.2, -0.15) is 26.3 Å². The number of amides is 1. The van der Waals surface area contributed by atoms with Crippen LogP contribution in [0.25, 0.3) is 0 Å². The SMILES string of the molecule is O=C(O)N1CCN(c2ccc(C(O)(C(F)(F)F)C(F)(F)F)cc2)[C@@H](CC2(CO)CCOCC2)C1. The van der Waals surface area contributed by atoms with Gasteiger partial charge in [0, 0.05) is 56.7 Å². The molecule has 13 heteroatoms. The largest absolute Gasteiger partial charge is 0.465 e. The van der Waals surface area contributed by atoms with Crippen molar-refractivity contribution >= 4 is 11.8 Å². The number of benzene rings is 1. The number of aliphatic hydroxyl groups is 2. The van der Waals surface area contributed by atoms with E-state index < -0.39 is 41.1 Å². The number of hydrogen-bond donors (Lipinski definition) is 3. The highest BCUT2D eigenvalue weighted by atomic mass is 19.4. The molecule has 2 heterocycles. The average Bonchev–Trinajstić information content (AvgIpc) is 2.77. The molecule has 0 saturated carbocycles. The lowest BCUT2D eigenvalue weighted by Gasteiger charge is -2.47. The molecule has 3 N–H and O–H groups in total. The average molecular weight is 500 g/mol. The molecule has 1 atom stereocenters. The Morgan fingerprint density at radius 2 is 1.59 bits per heavy atom. The minimum Gasteiger partial charge on any atom is -0.465 e. The van der Waals surface area contributed by atoms with Crippen molar-refractivity contribution in [2.75, 3.05) is 44.4 Å². The molecule has 3 rings (SSSR count). The number of halogens is 6. The van der Waals surface area contributed by atoms with Crippen molar-refractivity contribution in [2.24, 2.45) is 5.41 Å². The summed E-state index contributed by atoms with van der Waals surface area (Å²) in [6, 6.07) is 2.78. The van der Waals surface area contributed by atoms with Crippen LogP contribution in [0.5, 0.6) is 0 Å². The van der Waals surface area contributed by atoms with Crippen LogP contribution in [0, 0.1) is 5.41 Å². The Kier molecular flexibility index (Phi) is 7.30. The zero-order chi connectivity index (χ0) is 25.4. The van der Waals surface area contributed by atoms with E-state index in [1.807, 2.05) is 0 Å². The van der Waals surface area contributed by atoms with Gasteiger partial charge in [-0.3, -0.25) is 0 Å². The summed E-state index contributed by atoms with van der Waals surface area (Å²) in [5, 5.41) is 29.1. The second kappa shape index (κ2) is 9.42. The Hall–Kier alpha value is -2.25. The third kappa shape index (κ3) is 4.91. The van der Waals surface area contributed by atoms with Gasteiger partial charge < -0.3 is 29.9 Å². The van der Waals surface area contributed by atoms with Gasteiger partial charge in [-0.1, -0.05) is 12.1 Å². The number of ether oxygens (including phenoxy) is 1. The van der Waals surface area contributed by atoms with Gasteiger partial charge >= 0.3 is 18.4 Å². The van der Waals surface area contributed by atoms with E-state index in [1.165, 1.54) is 4.90 Å². The van der Waals surface area contributed by atoms with Gasteiger partial charge in [-0.05, 0) is 36.8 Å². The second-order valence-electron chi connectivity index (χ2n) is 8.80. The van der Waals surface area contributed by atoms with E-state index in [0.717, 1.165) is 12.1 Å². The third-order valence-corrected chi connectivity index (χ3v) is 6.75. The first-order valence-electron chi connectivity index (χ1n) is 10.6. The van der Waals surface area contributed by atoms with Crippen LogP contribution < -0.4 is 4.90 Å². The number of aliphatic hydroxyl groups excluding tert-OH is 1. The fourth-order valence-electron chi connectivity index (χ4n) is 4.66. The second-order valence-corrected chi connectivity index (χ2v) is 8.80. The van der Waals surface area contributed by atoms with Crippen LogP contribution >= 0.6 is 0 Å². The molecular formula is C21H26F6N2O5. The fraction of sp³-hybridized carbons (Fsp3) is 0.667. The van der Waals surface area contributed by atoms with Crippen LogP contribution in [0.4, 0.5) is 36.8 Å². The maximum atomic E-state index is 13.2. The molecule has 0 spiro atoms. The van der Waals surface area contributed by atoms with E-state index in [-0.39, 0.29) is 31.9 Å². The number of piperazine rings is 1. The lowest BCUT2D eigenvalue weighted by Crippen LogP contribution is -2.57.